The number of para-hydroxylation sites is 2. The quantitative estimate of drug-likeness (QED) is 0.181. The summed E-state index contributed by atoms with van der Waals surface area (Å²) in [5, 5.41) is 4.31. The van der Waals surface area contributed by atoms with Gasteiger partial charge >= 0.3 is 0 Å². The maximum atomic E-state index is 6.31. The second-order valence-corrected chi connectivity index (χ2v) is 15.4. The summed E-state index contributed by atoms with van der Waals surface area (Å²) in [7, 11) is 0. The van der Waals surface area contributed by atoms with E-state index in [-0.39, 0.29) is 5.41 Å². The van der Waals surface area contributed by atoms with E-state index in [1.165, 1.54) is 65.5 Å². The fourth-order valence-corrected chi connectivity index (χ4v) is 9.80. The fraction of sp³-hybridized carbons (Fsp3) is 0.118. The van der Waals surface area contributed by atoms with E-state index in [1.54, 1.807) is 0 Å². The van der Waals surface area contributed by atoms with Gasteiger partial charge in [-0.25, -0.2) is 15.0 Å². The van der Waals surface area contributed by atoms with Gasteiger partial charge in [-0.2, -0.15) is 0 Å². The molecule has 5 heteroatoms. The zero-order valence-corrected chi connectivity index (χ0v) is 30.6. The number of furan rings is 2. The molecular formula is C51H35N3O2. The molecule has 0 unspecified atom stereocenters. The molecule has 7 aromatic carbocycles. The molecule has 3 aromatic heterocycles. The van der Waals surface area contributed by atoms with Crippen LogP contribution in [0, 0.1) is 0 Å². The minimum Gasteiger partial charge on any atom is -0.456 e. The van der Waals surface area contributed by atoms with Crippen LogP contribution in [-0.4, -0.2) is 15.0 Å². The molecule has 0 bridgehead atoms. The lowest BCUT2D eigenvalue weighted by Crippen LogP contribution is -2.28. The molecule has 0 atom stereocenters. The summed E-state index contributed by atoms with van der Waals surface area (Å²) in [4.78, 5) is 15.5. The number of rotatable bonds is 4. The lowest BCUT2D eigenvalue weighted by atomic mass is 9.66. The van der Waals surface area contributed by atoms with Crippen LogP contribution in [-0.2, 0) is 5.41 Å². The van der Waals surface area contributed by atoms with Crippen molar-refractivity contribution in [2.24, 2.45) is 0 Å². The first kappa shape index (κ1) is 31.5. The molecule has 0 N–H and O–H groups in total. The summed E-state index contributed by atoms with van der Waals surface area (Å²) in [6, 6.07) is 53.5. The van der Waals surface area contributed by atoms with Crippen LogP contribution in [0.5, 0.6) is 0 Å². The number of aromatic nitrogens is 3. The van der Waals surface area contributed by atoms with Gasteiger partial charge in [-0.15, -0.1) is 0 Å². The van der Waals surface area contributed by atoms with E-state index >= 15 is 0 Å². The Bertz CT molecular complexity index is 3070. The van der Waals surface area contributed by atoms with Crippen LogP contribution in [0.3, 0.4) is 0 Å². The minimum atomic E-state index is 0.0366. The summed E-state index contributed by atoms with van der Waals surface area (Å²) >= 11 is 0. The lowest BCUT2D eigenvalue weighted by Gasteiger charge is -2.37. The largest absolute Gasteiger partial charge is 0.456 e. The average molecular weight is 722 g/mol. The highest BCUT2D eigenvalue weighted by Gasteiger charge is 2.45. The first-order chi connectivity index (χ1) is 27.7. The van der Waals surface area contributed by atoms with Gasteiger partial charge in [-0.1, -0.05) is 128 Å². The Kier molecular flexibility index (Phi) is 6.79. The van der Waals surface area contributed by atoms with Gasteiger partial charge in [0.05, 0.1) is 0 Å². The van der Waals surface area contributed by atoms with E-state index in [2.05, 4.69) is 103 Å². The van der Waals surface area contributed by atoms with Crippen LogP contribution >= 0.6 is 0 Å². The van der Waals surface area contributed by atoms with Crippen molar-refractivity contribution in [2.45, 2.75) is 37.5 Å². The smallest absolute Gasteiger partial charge is 0.164 e. The van der Waals surface area contributed by atoms with Crippen molar-refractivity contribution in [3.05, 3.63) is 163 Å². The van der Waals surface area contributed by atoms with Crippen molar-refractivity contribution in [3.63, 3.8) is 0 Å². The third-order valence-electron chi connectivity index (χ3n) is 12.3. The molecule has 1 saturated carbocycles. The summed E-state index contributed by atoms with van der Waals surface area (Å²) < 4.78 is 12.6. The Morgan fingerprint density at radius 2 is 0.875 bits per heavy atom. The third-order valence-corrected chi connectivity index (χ3v) is 12.3. The molecule has 3 heterocycles. The molecule has 0 aliphatic heterocycles. The van der Waals surface area contributed by atoms with Crippen molar-refractivity contribution in [3.8, 4) is 56.4 Å². The second-order valence-electron chi connectivity index (χ2n) is 15.4. The molecule has 1 fully saturated rings. The second kappa shape index (κ2) is 12.1. The monoisotopic (exact) mass is 721 g/mol. The topological polar surface area (TPSA) is 65.0 Å². The minimum absolute atomic E-state index is 0.0366. The van der Waals surface area contributed by atoms with Gasteiger partial charge in [0.1, 0.15) is 22.3 Å². The first-order valence-electron chi connectivity index (χ1n) is 19.6. The molecule has 0 saturated heterocycles. The first-order valence-corrected chi connectivity index (χ1v) is 19.6. The van der Waals surface area contributed by atoms with Gasteiger partial charge < -0.3 is 8.83 Å². The third kappa shape index (κ3) is 4.70. The number of hydrogen-bond donors (Lipinski definition) is 0. The molecule has 10 aromatic rings. The van der Waals surface area contributed by atoms with Gasteiger partial charge in [0.15, 0.2) is 17.5 Å². The average Bonchev–Trinajstić information content (AvgIpc) is 3.91. The fourth-order valence-electron chi connectivity index (χ4n) is 9.80. The zero-order valence-electron chi connectivity index (χ0n) is 30.6. The van der Waals surface area contributed by atoms with Crippen molar-refractivity contribution in [1.82, 2.24) is 15.0 Å². The van der Waals surface area contributed by atoms with E-state index in [9.17, 15) is 0 Å². The van der Waals surface area contributed by atoms with Gasteiger partial charge in [0.25, 0.3) is 0 Å². The standard InChI is InChI=1S/C51H35N3O2/c1-8-26-51(27-9-1)42-19-5-2-14-36(42)41-18-11-17-35(47(41)51)31-12-10-13-32(28-31)48-52-49(33-22-24-39-37-15-3-6-20-43(37)55-45(39)29-33)54-50(53-48)34-23-25-40-38-16-4-7-21-44(38)56-46(40)30-34/h2-7,10-25,28-30H,1,8-9,26-27H2. The molecule has 266 valence electrons. The van der Waals surface area contributed by atoms with Crippen molar-refractivity contribution < 1.29 is 8.83 Å². The highest BCUT2D eigenvalue weighted by Crippen LogP contribution is 2.58. The van der Waals surface area contributed by atoms with Crippen molar-refractivity contribution in [2.75, 3.05) is 0 Å². The Hall–Kier alpha value is -6.85. The summed E-state index contributed by atoms with van der Waals surface area (Å²) in [5.41, 5.74) is 14.2. The lowest BCUT2D eigenvalue weighted by molar-refractivity contribution is 0.353. The summed E-state index contributed by atoms with van der Waals surface area (Å²) in [5.74, 6) is 1.78. The highest BCUT2D eigenvalue weighted by atomic mass is 16.3. The zero-order chi connectivity index (χ0) is 36.8. The molecule has 12 rings (SSSR count). The van der Waals surface area contributed by atoms with Crippen LogP contribution in [0.15, 0.2) is 160 Å². The van der Waals surface area contributed by atoms with Crippen LogP contribution < -0.4 is 0 Å². The van der Waals surface area contributed by atoms with Gasteiger partial charge in [0.2, 0.25) is 0 Å². The van der Waals surface area contributed by atoms with E-state index in [0.29, 0.717) is 17.5 Å². The highest BCUT2D eigenvalue weighted by molar-refractivity contribution is 6.07. The van der Waals surface area contributed by atoms with Gasteiger partial charge in [0, 0.05) is 43.7 Å². The normalized spacial score (nSPS) is 14.6. The molecule has 1 spiro atoms. The molecule has 0 radical (unpaired) electrons. The number of fused-ring (bicyclic) bond motifs is 11. The molecule has 0 amide bonds. The molecule has 2 aliphatic carbocycles. The summed E-state index contributed by atoms with van der Waals surface area (Å²) in [6.07, 6.45) is 6.15. The number of benzene rings is 7. The molecule has 56 heavy (non-hydrogen) atoms. The van der Waals surface area contributed by atoms with Gasteiger partial charge in [-0.05, 0) is 88.7 Å². The Morgan fingerprint density at radius 3 is 1.54 bits per heavy atom. The molecular weight excluding hydrogens is 687 g/mol. The number of hydrogen-bond acceptors (Lipinski definition) is 5. The molecule has 2 aliphatic rings. The van der Waals surface area contributed by atoms with Crippen molar-refractivity contribution in [1.29, 1.82) is 0 Å². The summed E-state index contributed by atoms with van der Waals surface area (Å²) in [6.45, 7) is 0. The Morgan fingerprint density at radius 1 is 0.375 bits per heavy atom. The van der Waals surface area contributed by atoms with Gasteiger partial charge in [-0.3, -0.25) is 0 Å². The Balaban J connectivity index is 1.03. The van der Waals surface area contributed by atoms with Crippen molar-refractivity contribution >= 4 is 43.9 Å². The maximum absolute atomic E-state index is 6.31. The predicted molar refractivity (Wildman–Crippen MR) is 225 cm³/mol. The SMILES string of the molecule is c1cc(-c2nc(-c3ccc4c(c3)oc3ccccc34)nc(-c3ccc4c(c3)oc3ccccc34)n2)cc(-c2cccc3c2C2(CCCCC2)c2ccccc2-3)c1. The van der Waals surface area contributed by atoms with E-state index < -0.39 is 0 Å². The van der Waals surface area contributed by atoms with Crippen LogP contribution in [0.25, 0.3) is 100 Å². The van der Waals surface area contributed by atoms with E-state index in [0.717, 1.165) is 60.6 Å². The maximum Gasteiger partial charge on any atom is 0.164 e. The van der Waals surface area contributed by atoms with Crippen LogP contribution in [0.2, 0.25) is 0 Å². The van der Waals surface area contributed by atoms with Crippen LogP contribution in [0.1, 0.15) is 43.2 Å². The predicted octanol–water partition coefficient (Wildman–Crippen LogP) is 13.6. The number of nitrogens with zero attached hydrogens (tertiary/aromatic N) is 3. The van der Waals surface area contributed by atoms with E-state index in [4.69, 9.17) is 23.8 Å². The Labute approximate surface area is 323 Å². The molecule has 5 nitrogen and oxygen atoms in total. The van der Waals surface area contributed by atoms with Crippen LogP contribution in [0.4, 0.5) is 0 Å². The van der Waals surface area contributed by atoms with E-state index in [1.807, 2.05) is 48.5 Å².